The Morgan fingerprint density at radius 1 is 0.655 bits per heavy atom. The van der Waals surface area contributed by atoms with Crippen LogP contribution >= 0.6 is 0 Å². The fraction of sp³-hybridized carbons (Fsp3) is 0.913. The van der Waals surface area contributed by atoms with Crippen LogP contribution in [0.15, 0.2) is 0 Å². The number of carboxylic acid groups (broad SMARTS) is 1. The Kier molecular flexibility index (Phi) is 22.2. The standard InChI is InChI=1S/C23H45NO5/c1-2-3-4-5-6-7-8-9-10-11-12-13-14-15-22(25)24-17-19-29-21-20-28-18-16-23(26)27/h2-21H2,1H3,(H,24,25)(H,26,27). The molecule has 2 N–H and O–H groups in total. The average molecular weight is 416 g/mol. The zero-order chi connectivity index (χ0) is 21.4. The Balaban J connectivity index is 3.16. The van der Waals surface area contributed by atoms with Gasteiger partial charge in [-0.15, -0.1) is 0 Å². The van der Waals surface area contributed by atoms with Crippen molar-refractivity contribution in [1.29, 1.82) is 0 Å². The fourth-order valence-electron chi connectivity index (χ4n) is 3.14. The van der Waals surface area contributed by atoms with Crippen molar-refractivity contribution in [3.8, 4) is 0 Å². The van der Waals surface area contributed by atoms with Crippen molar-refractivity contribution in [2.24, 2.45) is 0 Å². The summed E-state index contributed by atoms with van der Waals surface area (Å²) in [5.74, 6) is -0.772. The molecule has 6 heteroatoms. The predicted molar refractivity (Wildman–Crippen MR) is 117 cm³/mol. The number of amides is 1. The molecule has 0 aromatic heterocycles. The Bertz CT molecular complexity index is 376. The van der Waals surface area contributed by atoms with Gasteiger partial charge in [0.25, 0.3) is 0 Å². The molecule has 0 heterocycles. The summed E-state index contributed by atoms with van der Waals surface area (Å²) in [6, 6.07) is 0. The maximum atomic E-state index is 11.7. The monoisotopic (exact) mass is 415 g/mol. The molecule has 0 aliphatic carbocycles. The summed E-state index contributed by atoms with van der Waals surface area (Å²) in [5, 5.41) is 11.3. The number of nitrogens with one attached hydrogen (secondary N) is 1. The van der Waals surface area contributed by atoms with E-state index in [-0.39, 0.29) is 18.9 Å². The van der Waals surface area contributed by atoms with Gasteiger partial charge in [-0.25, -0.2) is 0 Å². The Labute approximate surface area is 178 Å². The summed E-state index contributed by atoms with van der Waals surface area (Å²) >= 11 is 0. The van der Waals surface area contributed by atoms with Crippen LogP contribution in [0.3, 0.4) is 0 Å². The minimum Gasteiger partial charge on any atom is -0.481 e. The number of rotatable bonds is 23. The van der Waals surface area contributed by atoms with Crippen LogP contribution < -0.4 is 5.32 Å². The molecule has 6 nitrogen and oxygen atoms in total. The highest BCUT2D eigenvalue weighted by Gasteiger charge is 2.01. The topological polar surface area (TPSA) is 84.9 Å². The first-order valence-electron chi connectivity index (χ1n) is 11.8. The maximum Gasteiger partial charge on any atom is 0.305 e. The van der Waals surface area contributed by atoms with Crippen LogP contribution in [0.1, 0.15) is 103 Å². The molecule has 0 aromatic rings. The SMILES string of the molecule is CCCCCCCCCCCCCCCC(=O)NCCOCCOCCC(=O)O. The van der Waals surface area contributed by atoms with E-state index in [0.29, 0.717) is 32.8 Å². The lowest BCUT2D eigenvalue weighted by Crippen LogP contribution is -2.27. The molecule has 0 fully saturated rings. The molecule has 172 valence electrons. The third-order valence-corrected chi connectivity index (χ3v) is 4.91. The molecule has 0 aliphatic heterocycles. The second-order valence-electron chi connectivity index (χ2n) is 7.71. The van der Waals surface area contributed by atoms with Gasteiger partial charge in [0.1, 0.15) is 0 Å². The summed E-state index contributed by atoms with van der Waals surface area (Å²) in [4.78, 5) is 22.0. The lowest BCUT2D eigenvalue weighted by molar-refractivity contribution is -0.138. The number of hydrogen-bond acceptors (Lipinski definition) is 4. The van der Waals surface area contributed by atoms with Gasteiger partial charge in [-0.3, -0.25) is 9.59 Å². The van der Waals surface area contributed by atoms with Crippen LogP contribution in [0.2, 0.25) is 0 Å². The molecule has 1 amide bonds. The first-order chi connectivity index (χ1) is 14.2. The van der Waals surface area contributed by atoms with Crippen molar-refractivity contribution in [3.05, 3.63) is 0 Å². The van der Waals surface area contributed by atoms with E-state index in [0.717, 1.165) is 12.8 Å². The predicted octanol–water partition coefficient (Wildman–Crippen LogP) is 5.09. The molecule has 29 heavy (non-hydrogen) atoms. The highest BCUT2D eigenvalue weighted by Crippen LogP contribution is 2.12. The van der Waals surface area contributed by atoms with Crippen molar-refractivity contribution in [2.45, 2.75) is 103 Å². The molecule has 0 rings (SSSR count). The van der Waals surface area contributed by atoms with Gasteiger partial charge in [-0.05, 0) is 6.42 Å². The van der Waals surface area contributed by atoms with Gasteiger partial charge in [0, 0.05) is 13.0 Å². The van der Waals surface area contributed by atoms with E-state index < -0.39 is 5.97 Å². The van der Waals surface area contributed by atoms with E-state index >= 15 is 0 Å². The zero-order valence-electron chi connectivity index (χ0n) is 18.7. The first-order valence-corrected chi connectivity index (χ1v) is 11.8. The maximum absolute atomic E-state index is 11.7. The molecule has 0 atom stereocenters. The highest BCUT2D eigenvalue weighted by molar-refractivity contribution is 5.75. The number of aliphatic carboxylic acids is 1. The number of ether oxygens (including phenoxy) is 2. The van der Waals surface area contributed by atoms with Gasteiger partial charge >= 0.3 is 5.97 Å². The fourth-order valence-corrected chi connectivity index (χ4v) is 3.14. The Hall–Kier alpha value is -1.14. The van der Waals surface area contributed by atoms with Gasteiger partial charge in [-0.2, -0.15) is 0 Å². The van der Waals surface area contributed by atoms with Gasteiger partial charge in [0.15, 0.2) is 0 Å². The minimum atomic E-state index is -0.864. The molecule has 0 bridgehead atoms. The third kappa shape index (κ3) is 24.8. The number of hydrogen-bond donors (Lipinski definition) is 2. The molecule has 0 aromatic carbocycles. The molecular formula is C23H45NO5. The number of carboxylic acids is 1. The van der Waals surface area contributed by atoms with Crippen LogP contribution in [0, 0.1) is 0 Å². The van der Waals surface area contributed by atoms with Gasteiger partial charge < -0.3 is 19.9 Å². The minimum absolute atomic E-state index is 0.00918. The molecule has 0 saturated carbocycles. The Morgan fingerprint density at radius 2 is 1.14 bits per heavy atom. The van der Waals surface area contributed by atoms with Crippen LogP contribution in [-0.4, -0.2) is 50.0 Å². The van der Waals surface area contributed by atoms with E-state index in [1.54, 1.807) is 0 Å². The van der Waals surface area contributed by atoms with Crippen LogP contribution in [0.5, 0.6) is 0 Å². The van der Waals surface area contributed by atoms with Gasteiger partial charge in [-0.1, -0.05) is 84.0 Å². The summed E-state index contributed by atoms with van der Waals surface area (Å²) < 4.78 is 10.4. The van der Waals surface area contributed by atoms with E-state index in [2.05, 4.69) is 12.2 Å². The summed E-state index contributed by atoms with van der Waals surface area (Å²) in [6.07, 6.45) is 17.6. The number of carbonyl (C=O) groups excluding carboxylic acids is 1. The normalized spacial score (nSPS) is 10.9. The summed E-state index contributed by atoms with van der Waals surface area (Å²) in [5.41, 5.74) is 0. The van der Waals surface area contributed by atoms with E-state index in [9.17, 15) is 9.59 Å². The van der Waals surface area contributed by atoms with E-state index in [4.69, 9.17) is 14.6 Å². The van der Waals surface area contributed by atoms with Crippen LogP contribution in [0.4, 0.5) is 0 Å². The second-order valence-corrected chi connectivity index (χ2v) is 7.71. The smallest absolute Gasteiger partial charge is 0.305 e. The molecule has 0 spiro atoms. The zero-order valence-corrected chi connectivity index (χ0v) is 18.7. The van der Waals surface area contributed by atoms with Gasteiger partial charge in [0.05, 0.1) is 32.8 Å². The first kappa shape index (κ1) is 27.9. The quantitative estimate of drug-likeness (QED) is 0.227. The van der Waals surface area contributed by atoms with Crippen molar-refractivity contribution < 1.29 is 24.2 Å². The van der Waals surface area contributed by atoms with Crippen molar-refractivity contribution in [1.82, 2.24) is 5.32 Å². The highest BCUT2D eigenvalue weighted by atomic mass is 16.5. The van der Waals surface area contributed by atoms with Crippen molar-refractivity contribution >= 4 is 11.9 Å². The lowest BCUT2D eigenvalue weighted by Gasteiger charge is -2.07. The summed E-state index contributed by atoms with van der Waals surface area (Å²) in [7, 11) is 0. The Morgan fingerprint density at radius 3 is 1.66 bits per heavy atom. The van der Waals surface area contributed by atoms with Crippen LogP contribution in [-0.2, 0) is 19.1 Å². The molecule has 0 saturated heterocycles. The molecule has 0 radical (unpaired) electrons. The van der Waals surface area contributed by atoms with Crippen molar-refractivity contribution in [3.63, 3.8) is 0 Å². The number of unbranched alkanes of at least 4 members (excludes halogenated alkanes) is 12. The summed E-state index contributed by atoms with van der Waals surface area (Å²) in [6.45, 7) is 4.21. The van der Waals surface area contributed by atoms with E-state index in [1.807, 2.05) is 0 Å². The molecule has 0 unspecified atom stereocenters. The third-order valence-electron chi connectivity index (χ3n) is 4.91. The van der Waals surface area contributed by atoms with Crippen LogP contribution in [0.25, 0.3) is 0 Å². The molecular weight excluding hydrogens is 370 g/mol. The second kappa shape index (κ2) is 23.1. The lowest BCUT2D eigenvalue weighted by atomic mass is 10.0. The molecule has 0 aliphatic rings. The van der Waals surface area contributed by atoms with E-state index in [1.165, 1.54) is 70.6 Å². The van der Waals surface area contributed by atoms with Gasteiger partial charge in [0.2, 0.25) is 5.91 Å². The van der Waals surface area contributed by atoms with Crippen molar-refractivity contribution in [2.75, 3.05) is 33.0 Å². The average Bonchev–Trinajstić information content (AvgIpc) is 2.70. The number of carbonyl (C=O) groups is 2. The largest absolute Gasteiger partial charge is 0.481 e.